The molecule has 0 fully saturated rings. The number of aryl methyl sites for hydroxylation is 1. The first kappa shape index (κ1) is 22.6. The molecule has 1 N–H and O–H groups in total. The van der Waals surface area contributed by atoms with Gasteiger partial charge in [0.05, 0.1) is 39.2 Å². The molecule has 2 rings (SSSR count). The van der Waals surface area contributed by atoms with Crippen LogP contribution in [0.25, 0.3) is 6.08 Å². The van der Waals surface area contributed by atoms with E-state index in [4.69, 9.17) is 18.9 Å². The van der Waals surface area contributed by atoms with Gasteiger partial charge in [-0.3, -0.25) is 4.79 Å². The topological polar surface area (TPSA) is 111 Å². The lowest BCUT2D eigenvalue weighted by Gasteiger charge is -2.12. The molecule has 0 aliphatic heterocycles. The normalized spacial score (nSPS) is 10.9. The summed E-state index contributed by atoms with van der Waals surface area (Å²) in [5.74, 6) is 0.203. The highest BCUT2D eigenvalue weighted by Gasteiger charge is 2.25. The van der Waals surface area contributed by atoms with Crippen molar-refractivity contribution in [2.75, 3.05) is 27.9 Å². The van der Waals surface area contributed by atoms with E-state index in [0.29, 0.717) is 39.6 Å². The summed E-state index contributed by atoms with van der Waals surface area (Å²) >= 11 is 0. The molecule has 0 bridgehead atoms. The fourth-order valence-corrected chi connectivity index (χ4v) is 3.09. The molecule has 0 atom stereocenters. The number of nitrogens with one attached hydrogen (secondary N) is 1. The number of nitriles is 1. The van der Waals surface area contributed by atoms with Gasteiger partial charge in [-0.25, -0.2) is 4.79 Å². The van der Waals surface area contributed by atoms with E-state index in [9.17, 15) is 14.9 Å². The van der Waals surface area contributed by atoms with E-state index in [1.807, 2.05) is 6.07 Å². The monoisotopic (exact) mass is 412 g/mol. The Kier molecular flexibility index (Phi) is 7.26. The molecule has 0 saturated carbocycles. The molecule has 0 radical (unpaired) electrons. The number of esters is 1. The molecule has 158 valence electrons. The number of Topliss-reactive ketones (excluding diaryl/α,β-unsaturated/α-hetero) is 1. The summed E-state index contributed by atoms with van der Waals surface area (Å²) in [7, 11) is 4.45. The van der Waals surface area contributed by atoms with Gasteiger partial charge in [0.15, 0.2) is 11.5 Å². The second-order valence-electron chi connectivity index (χ2n) is 6.29. The lowest BCUT2D eigenvalue weighted by atomic mass is 10.0. The van der Waals surface area contributed by atoms with Crippen LogP contribution < -0.4 is 14.2 Å². The maximum Gasteiger partial charge on any atom is 0.340 e. The van der Waals surface area contributed by atoms with Gasteiger partial charge in [0.25, 0.3) is 0 Å². The maximum atomic E-state index is 13.1. The second-order valence-corrected chi connectivity index (χ2v) is 6.29. The zero-order valence-electron chi connectivity index (χ0n) is 17.8. The zero-order chi connectivity index (χ0) is 22.4. The summed E-state index contributed by atoms with van der Waals surface area (Å²) in [5.41, 5.74) is 1.70. The number of carbonyl (C=O) groups excluding carboxylic acids is 2. The van der Waals surface area contributed by atoms with Crippen LogP contribution in [-0.2, 0) is 4.74 Å². The van der Waals surface area contributed by atoms with Gasteiger partial charge >= 0.3 is 5.97 Å². The first-order valence-electron chi connectivity index (χ1n) is 9.15. The Labute approximate surface area is 175 Å². The summed E-state index contributed by atoms with van der Waals surface area (Å²) in [6.45, 7) is 5.22. The zero-order valence-corrected chi connectivity index (χ0v) is 17.8. The van der Waals surface area contributed by atoms with Crippen LogP contribution in [-0.4, -0.2) is 44.7 Å². The van der Waals surface area contributed by atoms with Crippen molar-refractivity contribution in [2.45, 2.75) is 20.8 Å². The van der Waals surface area contributed by atoms with Crippen molar-refractivity contribution in [3.05, 3.63) is 45.8 Å². The number of rotatable bonds is 8. The predicted molar refractivity (Wildman–Crippen MR) is 110 cm³/mol. The highest BCUT2D eigenvalue weighted by molar-refractivity contribution is 6.15. The first-order chi connectivity index (χ1) is 14.3. The first-order valence-corrected chi connectivity index (χ1v) is 9.15. The van der Waals surface area contributed by atoms with Gasteiger partial charge < -0.3 is 23.9 Å². The molecule has 0 amide bonds. The molecule has 30 heavy (non-hydrogen) atoms. The third kappa shape index (κ3) is 4.30. The van der Waals surface area contributed by atoms with Gasteiger partial charge in [-0.15, -0.1) is 0 Å². The van der Waals surface area contributed by atoms with Gasteiger partial charge in [-0.05, 0) is 38.5 Å². The third-order valence-electron chi connectivity index (χ3n) is 4.54. The molecule has 0 saturated heterocycles. The number of benzene rings is 1. The molecule has 0 spiro atoms. The lowest BCUT2D eigenvalue weighted by molar-refractivity contribution is 0.0525. The van der Waals surface area contributed by atoms with Crippen LogP contribution in [0, 0.1) is 25.2 Å². The SMILES string of the molecule is CCOC(=O)c1c(C)[nH]c(C(=O)/C(C#N)=C\c2cc(OC)c(OC)cc2OC)c1C. The molecule has 2 aromatic rings. The van der Waals surface area contributed by atoms with E-state index < -0.39 is 11.8 Å². The van der Waals surface area contributed by atoms with E-state index >= 15 is 0 Å². The minimum atomic E-state index is -0.550. The number of nitrogens with zero attached hydrogens (tertiary/aromatic N) is 1. The molecular formula is C22H24N2O6. The second kappa shape index (κ2) is 9.65. The van der Waals surface area contributed by atoms with Crippen LogP contribution in [0.2, 0.25) is 0 Å². The van der Waals surface area contributed by atoms with Crippen molar-refractivity contribution in [1.82, 2.24) is 4.98 Å². The van der Waals surface area contributed by atoms with Gasteiger partial charge in [-0.1, -0.05) is 0 Å². The molecule has 1 aromatic carbocycles. The van der Waals surface area contributed by atoms with Crippen LogP contribution in [0.5, 0.6) is 17.2 Å². The van der Waals surface area contributed by atoms with Crippen molar-refractivity contribution in [3.8, 4) is 23.3 Å². The molecular weight excluding hydrogens is 388 g/mol. The number of H-pyrrole nitrogens is 1. The van der Waals surface area contributed by atoms with E-state index in [-0.39, 0.29) is 17.9 Å². The molecule has 8 nitrogen and oxygen atoms in total. The minimum Gasteiger partial charge on any atom is -0.496 e. The van der Waals surface area contributed by atoms with Crippen molar-refractivity contribution in [2.24, 2.45) is 0 Å². The Morgan fingerprint density at radius 3 is 2.20 bits per heavy atom. The van der Waals surface area contributed by atoms with Crippen LogP contribution >= 0.6 is 0 Å². The highest BCUT2D eigenvalue weighted by Crippen LogP contribution is 2.36. The number of ketones is 1. The van der Waals surface area contributed by atoms with Gasteiger partial charge in [0, 0.05) is 17.3 Å². The fourth-order valence-electron chi connectivity index (χ4n) is 3.09. The van der Waals surface area contributed by atoms with E-state index in [1.54, 1.807) is 32.9 Å². The standard InChI is InChI=1S/C22H24N2O6/c1-7-30-22(26)19-12(2)20(24-13(19)3)21(25)15(11-23)8-14-9-17(28-5)18(29-6)10-16(14)27-4/h8-10,24H,7H2,1-6H3/b15-8-. The van der Waals surface area contributed by atoms with Gasteiger partial charge in [0.2, 0.25) is 5.78 Å². The smallest absolute Gasteiger partial charge is 0.340 e. The fraction of sp³-hybridized carbons (Fsp3) is 0.318. The molecule has 0 unspecified atom stereocenters. The largest absolute Gasteiger partial charge is 0.496 e. The van der Waals surface area contributed by atoms with Crippen LogP contribution in [0.15, 0.2) is 17.7 Å². The summed E-state index contributed by atoms with van der Waals surface area (Å²) in [4.78, 5) is 28.1. The average Bonchev–Trinajstić information content (AvgIpc) is 3.04. The molecule has 0 aliphatic rings. The van der Waals surface area contributed by atoms with Crippen molar-refractivity contribution in [3.63, 3.8) is 0 Å². The quantitative estimate of drug-likeness (QED) is 0.305. The Bertz CT molecular complexity index is 1040. The lowest BCUT2D eigenvalue weighted by Crippen LogP contribution is -2.08. The number of aromatic amines is 1. The molecule has 0 aliphatic carbocycles. The van der Waals surface area contributed by atoms with E-state index in [2.05, 4.69) is 4.98 Å². The molecule has 1 heterocycles. The van der Waals surface area contributed by atoms with Crippen LogP contribution in [0.1, 0.15) is 44.6 Å². The average molecular weight is 412 g/mol. The number of methoxy groups -OCH3 is 3. The maximum absolute atomic E-state index is 13.1. The summed E-state index contributed by atoms with van der Waals surface area (Å²) in [6, 6.07) is 5.14. The summed E-state index contributed by atoms with van der Waals surface area (Å²) in [6.07, 6.45) is 1.41. The number of ether oxygens (including phenoxy) is 4. The van der Waals surface area contributed by atoms with Gasteiger partial charge in [0.1, 0.15) is 17.4 Å². The number of hydrogen-bond acceptors (Lipinski definition) is 7. The van der Waals surface area contributed by atoms with Crippen LogP contribution in [0.4, 0.5) is 0 Å². The number of hydrogen-bond donors (Lipinski definition) is 1. The predicted octanol–water partition coefficient (Wildman–Crippen LogP) is 3.62. The highest BCUT2D eigenvalue weighted by atomic mass is 16.5. The molecule has 8 heteroatoms. The Balaban J connectivity index is 2.55. The number of aromatic nitrogens is 1. The van der Waals surface area contributed by atoms with Crippen molar-refractivity contribution in [1.29, 1.82) is 5.26 Å². The minimum absolute atomic E-state index is 0.139. The number of carbonyl (C=O) groups is 2. The Morgan fingerprint density at radius 2 is 1.67 bits per heavy atom. The van der Waals surface area contributed by atoms with Gasteiger partial charge in [-0.2, -0.15) is 5.26 Å². The van der Waals surface area contributed by atoms with Crippen LogP contribution in [0.3, 0.4) is 0 Å². The molecule has 1 aromatic heterocycles. The number of allylic oxidation sites excluding steroid dienone is 1. The summed E-state index contributed by atoms with van der Waals surface area (Å²) < 4.78 is 20.9. The van der Waals surface area contributed by atoms with Crippen molar-refractivity contribution < 1.29 is 28.5 Å². The van der Waals surface area contributed by atoms with Crippen molar-refractivity contribution >= 4 is 17.8 Å². The Morgan fingerprint density at radius 1 is 1.07 bits per heavy atom. The van der Waals surface area contributed by atoms with E-state index in [0.717, 1.165) is 0 Å². The Hall–Kier alpha value is -3.73. The summed E-state index contributed by atoms with van der Waals surface area (Å²) in [5, 5.41) is 9.63. The third-order valence-corrected chi connectivity index (χ3v) is 4.54. The van der Waals surface area contributed by atoms with E-state index in [1.165, 1.54) is 27.4 Å².